The van der Waals surface area contributed by atoms with Gasteiger partial charge >= 0.3 is 0 Å². The number of halogens is 2. The molecule has 0 amide bonds. The Bertz CT molecular complexity index is 706. The summed E-state index contributed by atoms with van der Waals surface area (Å²) < 4.78 is 1.07. The highest BCUT2D eigenvalue weighted by Gasteiger charge is 2.22. The van der Waals surface area contributed by atoms with Crippen molar-refractivity contribution < 1.29 is 4.92 Å². The van der Waals surface area contributed by atoms with Gasteiger partial charge in [0.15, 0.2) is 0 Å². The van der Waals surface area contributed by atoms with Crippen LogP contribution in [-0.4, -0.2) is 16.5 Å². The Morgan fingerprint density at radius 1 is 1.29 bits per heavy atom. The van der Waals surface area contributed by atoms with Gasteiger partial charge in [-0.05, 0) is 35.7 Å². The topological polar surface area (TPSA) is 59.3 Å². The Morgan fingerprint density at radius 3 is 2.76 bits per heavy atom. The van der Waals surface area contributed by atoms with Crippen molar-refractivity contribution in [2.75, 3.05) is 11.4 Å². The molecule has 21 heavy (non-hydrogen) atoms. The van der Waals surface area contributed by atoms with E-state index in [1.807, 2.05) is 12.1 Å². The van der Waals surface area contributed by atoms with Crippen LogP contribution in [-0.2, 0) is 13.0 Å². The first-order valence-corrected chi connectivity index (χ1v) is 7.54. The molecule has 7 heteroatoms. The van der Waals surface area contributed by atoms with Crippen molar-refractivity contribution in [3.63, 3.8) is 0 Å². The Labute approximate surface area is 134 Å². The largest absolute Gasteiger partial charge is 0.352 e. The second kappa shape index (κ2) is 5.61. The van der Waals surface area contributed by atoms with E-state index in [0.717, 1.165) is 33.8 Å². The second-order valence-corrected chi connectivity index (χ2v) is 6.05. The van der Waals surface area contributed by atoms with E-state index >= 15 is 0 Å². The van der Waals surface area contributed by atoms with Gasteiger partial charge in [0.1, 0.15) is 12.0 Å². The van der Waals surface area contributed by atoms with Gasteiger partial charge in [-0.15, -0.1) is 0 Å². The van der Waals surface area contributed by atoms with Crippen molar-refractivity contribution in [3.05, 3.63) is 61.2 Å². The molecule has 1 aliphatic rings. The van der Waals surface area contributed by atoms with Gasteiger partial charge in [-0.2, -0.15) is 0 Å². The first-order valence-electron chi connectivity index (χ1n) is 6.37. The molecule has 1 aromatic heterocycles. The maximum atomic E-state index is 10.7. The molecule has 2 aromatic rings. The fourth-order valence-electron chi connectivity index (χ4n) is 2.46. The summed E-state index contributed by atoms with van der Waals surface area (Å²) in [7, 11) is 0. The predicted octanol–water partition coefficient (Wildman–Crippen LogP) is 3.97. The number of hydrogen-bond donors (Lipinski definition) is 0. The van der Waals surface area contributed by atoms with Crippen LogP contribution in [0, 0.1) is 10.1 Å². The second-order valence-electron chi connectivity index (χ2n) is 4.79. The Balaban J connectivity index is 1.89. The number of aromatic nitrogens is 1. The third-order valence-corrected chi connectivity index (χ3v) is 4.66. The van der Waals surface area contributed by atoms with E-state index in [2.05, 4.69) is 25.8 Å². The van der Waals surface area contributed by atoms with Gasteiger partial charge in [-0.25, -0.2) is 4.98 Å². The summed E-state index contributed by atoms with van der Waals surface area (Å²) in [5.74, 6) is 0.724. The number of hydrogen-bond acceptors (Lipinski definition) is 4. The van der Waals surface area contributed by atoms with Gasteiger partial charge < -0.3 is 4.90 Å². The molecule has 0 bridgehead atoms. The normalized spacial score (nSPS) is 13.9. The van der Waals surface area contributed by atoms with Crippen LogP contribution in [0.25, 0.3) is 0 Å². The molecule has 0 saturated carbocycles. The fourth-order valence-corrected chi connectivity index (χ4v) is 3.27. The smallest absolute Gasteiger partial charge is 0.287 e. The lowest BCUT2D eigenvalue weighted by Gasteiger charge is -2.30. The number of rotatable bonds is 2. The highest BCUT2D eigenvalue weighted by molar-refractivity contribution is 9.10. The molecule has 0 unspecified atom stereocenters. The summed E-state index contributed by atoms with van der Waals surface area (Å²) >= 11 is 9.83. The van der Waals surface area contributed by atoms with Crippen LogP contribution in [0.4, 0.5) is 11.5 Å². The Kier molecular flexibility index (Phi) is 3.82. The zero-order valence-corrected chi connectivity index (χ0v) is 13.3. The summed E-state index contributed by atoms with van der Waals surface area (Å²) in [6.07, 6.45) is 2.14. The summed E-state index contributed by atoms with van der Waals surface area (Å²) in [5, 5.41) is 11.4. The molecule has 3 rings (SSSR count). The van der Waals surface area contributed by atoms with Crippen LogP contribution in [0.1, 0.15) is 11.1 Å². The van der Waals surface area contributed by atoms with Crippen molar-refractivity contribution in [3.8, 4) is 0 Å². The first-order chi connectivity index (χ1) is 10.1. The number of nitrogens with zero attached hydrogens (tertiary/aromatic N) is 3. The lowest BCUT2D eigenvalue weighted by Crippen LogP contribution is -2.31. The minimum absolute atomic E-state index is 0.00284. The fraction of sp³-hybridized carbons (Fsp3) is 0.214. The maximum Gasteiger partial charge on any atom is 0.287 e. The molecule has 1 aliphatic heterocycles. The van der Waals surface area contributed by atoms with Crippen LogP contribution in [0.2, 0.25) is 5.02 Å². The SMILES string of the molecule is O=[N+]([O-])c1ccc(N2CCc3c(Br)ccc(Cl)c3C2)nc1. The van der Waals surface area contributed by atoms with Crippen molar-refractivity contribution >= 4 is 39.0 Å². The van der Waals surface area contributed by atoms with Crippen molar-refractivity contribution in [2.24, 2.45) is 0 Å². The van der Waals surface area contributed by atoms with Crippen LogP contribution in [0.5, 0.6) is 0 Å². The summed E-state index contributed by atoms with van der Waals surface area (Å²) in [5.41, 5.74) is 2.30. The molecular weight excluding hydrogens is 358 g/mol. The Hall–Kier alpha value is -1.66. The average Bonchev–Trinajstić information content (AvgIpc) is 2.51. The number of fused-ring (bicyclic) bond motifs is 1. The third kappa shape index (κ3) is 2.73. The first kappa shape index (κ1) is 14.3. The molecule has 2 heterocycles. The van der Waals surface area contributed by atoms with Gasteiger partial charge in [0, 0.05) is 28.7 Å². The van der Waals surface area contributed by atoms with Crippen LogP contribution >= 0.6 is 27.5 Å². The Morgan fingerprint density at radius 2 is 2.10 bits per heavy atom. The molecule has 0 spiro atoms. The predicted molar refractivity (Wildman–Crippen MR) is 84.8 cm³/mol. The van der Waals surface area contributed by atoms with Crippen molar-refractivity contribution in [2.45, 2.75) is 13.0 Å². The van der Waals surface area contributed by atoms with E-state index in [9.17, 15) is 10.1 Å². The monoisotopic (exact) mass is 367 g/mol. The third-order valence-electron chi connectivity index (χ3n) is 3.56. The minimum Gasteiger partial charge on any atom is -0.352 e. The van der Waals surface area contributed by atoms with Gasteiger partial charge in [0.2, 0.25) is 0 Å². The quantitative estimate of drug-likeness (QED) is 0.594. The molecule has 5 nitrogen and oxygen atoms in total. The maximum absolute atomic E-state index is 10.7. The minimum atomic E-state index is -0.448. The molecule has 0 aliphatic carbocycles. The zero-order chi connectivity index (χ0) is 15.0. The lowest BCUT2D eigenvalue weighted by molar-refractivity contribution is -0.385. The molecule has 0 fully saturated rings. The molecule has 0 radical (unpaired) electrons. The average molecular weight is 369 g/mol. The van der Waals surface area contributed by atoms with E-state index in [4.69, 9.17) is 11.6 Å². The standard InChI is InChI=1S/C14H11BrClN3O2/c15-12-2-3-13(16)11-8-18(6-5-10(11)12)14-4-1-9(7-17-14)19(20)21/h1-4,7H,5-6,8H2. The molecule has 1 aromatic carbocycles. The van der Waals surface area contributed by atoms with Gasteiger partial charge in [-0.1, -0.05) is 27.5 Å². The number of anilines is 1. The van der Waals surface area contributed by atoms with E-state index in [1.54, 1.807) is 6.07 Å². The molecule has 0 saturated heterocycles. The van der Waals surface area contributed by atoms with E-state index in [1.165, 1.54) is 17.8 Å². The van der Waals surface area contributed by atoms with Crippen LogP contribution in [0.3, 0.4) is 0 Å². The summed E-state index contributed by atoms with van der Waals surface area (Å²) in [6.45, 7) is 1.45. The molecular formula is C14H11BrClN3O2. The van der Waals surface area contributed by atoms with Crippen molar-refractivity contribution in [1.82, 2.24) is 4.98 Å². The zero-order valence-electron chi connectivity index (χ0n) is 10.9. The highest BCUT2D eigenvalue weighted by atomic mass is 79.9. The van der Waals surface area contributed by atoms with Gasteiger partial charge in [0.05, 0.1) is 4.92 Å². The van der Waals surface area contributed by atoms with Crippen LogP contribution in [0.15, 0.2) is 34.9 Å². The molecule has 0 N–H and O–H groups in total. The van der Waals surface area contributed by atoms with E-state index in [0.29, 0.717) is 6.54 Å². The van der Waals surface area contributed by atoms with Crippen molar-refractivity contribution in [1.29, 1.82) is 0 Å². The highest BCUT2D eigenvalue weighted by Crippen LogP contribution is 2.33. The van der Waals surface area contributed by atoms with Gasteiger partial charge in [0.25, 0.3) is 5.69 Å². The van der Waals surface area contributed by atoms with Crippen LogP contribution < -0.4 is 4.90 Å². The summed E-state index contributed by atoms with van der Waals surface area (Å²) in [6, 6.07) is 6.98. The number of pyridine rings is 1. The van der Waals surface area contributed by atoms with E-state index in [-0.39, 0.29) is 5.69 Å². The molecule has 108 valence electrons. The van der Waals surface area contributed by atoms with E-state index < -0.39 is 4.92 Å². The lowest BCUT2D eigenvalue weighted by atomic mass is 10.00. The van der Waals surface area contributed by atoms with Gasteiger partial charge in [-0.3, -0.25) is 10.1 Å². The number of benzene rings is 1. The molecule has 0 atom stereocenters. The summed E-state index contributed by atoms with van der Waals surface area (Å²) in [4.78, 5) is 16.5. The number of nitro groups is 1.